The highest BCUT2D eigenvalue weighted by Gasteiger charge is 2.31. The molecule has 12 rings (SSSR count). The predicted molar refractivity (Wildman–Crippen MR) is 663 cm³/mol. The van der Waals surface area contributed by atoms with Gasteiger partial charge in [-0.25, -0.2) is 4.79 Å². The summed E-state index contributed by atoms with van der Waals surface area (Å²) in [4.78, 5) is 27.6. The average Bonchev–Trinajstić information content (AvgIpc) is 0.830. The third-order valence-corrected chi connectivity index (χ3v) is 38.5. The molecule has 13 heteroatoms. The first-order valence-electron chi connectivity index (χ1n) is 52.7. The predicted octanol–water partition coefficient (Wildman–Crippen LogP) is 42.6. The van der Waals surface area contributed by atoms with E-state index >= 15 is 0 Å². The minimum Gasteiger partial charge on any atom is -0.465 e. The second kappa shape index (κ2) is 48.5. The van der Waals surface area contributed by atoms with Gasteiger partial charge in [-0.15, -0.1) is 129 Å². The minimum atomic E-state index is -0.334. The molecule has 12 aromatic rings. The minimum absolute atomic E-state index is 0.0161. The highest BCUT2D eigenvalue weighted by Crippen LogP contribution is 2.47. The van der Waals surface area contributed by atoms with Crippen molar-refractivity contribution in [3.8, 4) is 0 Å². The molecule has 786 valence electrons. The van der Waals surface area contributed by atoms with Crippen LogP contribution in [0.3, 0.4) is 0 Å². The maximum atomic E-state index is 14.0. The number of thioether (sulfide) groups is 11. The summed E-state index contributed by atoms with van der Waals surface area (Å²) in [7, 11) is 1.50. The largest absolute Gasteiger partial charge is 0.465 e. The van der Waals surface area contributed by atoms with Crippen molar-refractivity contribution in [2.45, 2.75) is 438 Å². The van der Waals surface area contributed by atoms with Gasteiger partial charge in [-0.3, -0.25) is 0 Å². The Kier molecular flexibility index (Phi) is 39.5. The lowest BCUT2D eigenvalue weighted by Gasteiger charge is -2.27. The lowest BCUT2D eigenvalue weighted by Crippen LogP contribution is -2.18. The maximum Gasteiger partial charge on any atom is 0.337 e. The lowest BCUT2D eigenvalue weighted by molar-refractivity contribution is 0.0600. The molecule has 0 aromatic heterocycles. The summed E-state index contributed by atoms with van der Waals surface area (Å²) in [5, 5.41) is 0. The first kappa shape index (κ1) is 120. The van der Waals surface area contributed by atoms with Gasteiger partial charge >= 0.3 is 5.97 Å². The first-order valence-corrected chi connectivity index (χ1v) is 63.5. The van der Waals surface area contributed by atoms with Gasteiger partial charge in [0.05, 0.1) is 12.7 Å². The van der Waals surface area contributed by atoms with Crippen molar-refractivity contribution in [1.29, 1.82) is 0 Å². The Morgan fingerprint density at radius 1 is 0.184 bits per heavy atom. The van der Waals surface area contributed by atoms with E-state index in [1.807, 2.05) is 118 Å². The number of esters is 1. The maximum absolute atomic E-state index is 14.0. The Morgan fingerprint density at radius 3 is 0.537 bits per heavy atom. The molecule has 0 radical (unpaired) electrons. The van der Waals surface area contributed by atoms with Crippen molar-refractivity contribution in [2.24, 2.45) is 0 Å². The Labute approximate surface area is 938 Å². The number of hydrogen-bond donors (Lipinski definition) is 0. The molecule has 2 nitrogen and oxygen atoms in total. The number of carbonyl (C=O) groups is 1. The second-order valence-electron chi connectivity index (χ2n) is 53.2. The standard InChI is InChI=1S/C134H172O2S11/c1-86-41-87(53-110(42-86)137-81-93-54-111(138-76-88-43-100(124(5,6)7)64-101(44-88)125(8,9)10)70-112(55-93)139-77-89-45-102(126(11,12)13)65-103(46-89)127(14,15)16)75-145-119-62-98(122(135)136-38)63-120(74-119)146-84-95-58-115(143-82-94-56-113(140-78-90-47-104(128(17,18)19)66-105(48-90)129(20,21)22)71-114(57-94)141-79-91-49-106(130(23,24)25)67-107(50-91)131(26,27)28)72-116(59-95)144-83-96-60-117(142-80-92-51-108(132(29,30)31)68-109(52-92)133(32,33)34)73-118(61-96)147-85-97-39-40-99(123(2,3)4)69-121(97)134(35,36)37/h39-74H,75-85H2,1-38H3. The van der Waals surface area contributed by atoms with Gasteiger partial charge in [0.15, 0.2) is 0 Å². The van der Waals surface area contributed by atoms with Gasteiger partial charge < -0.3 is 4.74 Å². The number of ether oxygens (including phenoxy) is 1. The number of aryl methyl sites for hydroxylation is 1. The van der Waals surface area contributed by atoms with Crippen molar-refractivity contribution < 1.29 is 9.53 Å². The van der Waals surface area contributed by atoms with E-state index in [9.17, 15) is 4.79 Å². The summed E-state index contributed by atoms with van der Waals surface area (Å²) in [6.07, 6.45) is 0. The molecule has 0 spiro atoms. The summed E-state index contributed by atoms with van der Waals surface area (Å²) in [6, 6.07) is 87.0. The molecule has 147 heavy (non-hydrogen) atoms. The van der Waals surface area contributed by atoms with Crippen LogP contribution in [-0.4, -0.2) is 13.1 Å². The molecule has 0 atom stereocenters. The van der Waals surface area contributed by atoms with Crippen molar-refractivity contribution in [3.63, 3.8) is 0 Å². The zero-order valence-electron chi connectivity index (χ0n) is 96.4. The molecule has 0 aliphatic carbocycles. The molecule has 0 amide bonds. The van der Waals surface area contributed by atoms with Crippen LogP contribution < -0.4 is 0 Å². The van der Waals surface area contributed by atoms with Crippen LogP contribution >= 0.6 is 129 Å². The number of benzene rings is 12. The number of methoxy groups -OCH3 is 1. The van der Waals surface area contributed by atoms with Gasteiger partial charge in [-0.05, 0) is 309 Å². The van der Waals surface area contributed by atoms with Gasteiger partial charge in [0.2, 0.25) is 0 Å². The smallest absolute Gasteiger partial charge is 0.337 e. The molecule has 12 aromatic carbocycles. The van der Waals surface area contributed by atoms with Gasteiger partial charge in [-0.2, -0.15) is 0 Å². The van der Waals surface area contributed by atoms with E-state index in [1.165, 1.54) is 185 Å². The molecule has 0 aliphatic heterocycles. The molecule has 0 aliphatic rings. The Balaban J connectivity index is 0.872. The monoisotopic (exact) mass is 2170 g/mol. The summed E-state index contributed by atoms with van der Waals surface area (Å²) < 4.78 is 5.58. The third-order valence-electron chi connectivity index (χ3n) is 27.0. The third kappa shape index (κ3) is 36.0. The molecule has 0 unspecified atom stereocenters. The average molecular weight is 2170 g/mol. The van der Waals surface area contributed by atoms with Crippen molar-refractivity contribution >= 4 is 135 Å². The molecule has 0 N–H and O–H groups in total. The van der Waals surface area contributed by atoms with Crippen LogP contribution in [0.1, 0.15) is 393 Å². The van der Waals surface area contributed by atoms with Crippen LogP contribution in [0.25, 0.3) is 0 Å². The molecular weight excluding hydrogens is 1990 g/mol. The van der Waals surface area contributed by atoms with Crippen LogP contribution in [0.15, 0.2) is 272 Å². The normalized spacial score (nSPS) is 13.0. The molecule has 0 saturated carbocycles. The Bertz CT molecular complexity index is 6260. The Hall–Kier alpha value is -6.04. The molecule has 0 fully saturated rings. The second-order valence-corrected chi connectivity index (χ2v) is 64.8. The van der Waals surface area contributed by atoms with E-state index in [1.54, 1.807) is 23.5 Å². The van der Waals surface area contributed by atoms with E-state index in [0.29, 0.717) is 11.3 Å². The van der Waals surface area contributed by atoms with Crippen LogP contribution in [0, 0.1) is 6.92 Å². The highest BCUT2D eigenvalue weighted by molar-refractivity contribution is 8.01. The summed E-state index contributed by atoms with van der Waals surface area (Å²) in [5.74, 6) is 8.83. The molecule has 0 heterocycles. The highest BCUT2D eigenvalue weighted by atomic mass is 32.2. The van der Waals surface area contributed by atoms with Gasteiger partial charge in [0.1, 0.15) is 0 Å². The van der Waals surface area contributed by atoms with Crippen molar-refractivity contribution in [2.75, 3.05) is 7.11 Å². The van der Waals surface area contributed by atoms with Crippen molar-refractivity contribution in [3.05, 3.63) is 357 Å². The molecular formula is C134H172O2S11. The van der Waals surface area contributed by atoms with Gasteiger partial charge in [-0.1, -0.05) is 365 Å². The molecule has 0 saturated heterocycles. The van der Waals surface area contributed by atoms with Gasteiger partial charge in [0, 0.05) is 117 Å². The topological polar surface area (TPSA) is 26.3 Å². The number of carbonyl (C=O) groups excluding carboxylic acids is 1. The zero-order chi connectivity index (χ0) is 108. The summed E-state index contributed by atoms with van der Waals surface area (Å²) in [5.41, 5.74) is 33.5. The van der Waals surface area contributed by atoms with Crippen molar-refractivity contribution in [1.82, 2.24) is 0 Å². The fourth-order valence-corrected chi connectivity index (χ4v) is 28.2. The van der Waals surface area contributed by atoms with E-state index in [-0.39, 0.29) is 70.9 Å². The summed E-state index contributed by atoms with van der Waals surface area (Å²) >= 11 is 21.2. The number of hydrogen-bond acceptors (Lipinski definition) is 13. The fourth-order valence-electron chi connectivity index (χ4n) is 17.4. The SMILES string of the molecule is COC(=O)c1cc(SCc2cc(C)cc(SCc3cc(SCc4cc(C(C)(C)C)cc(C(C)(C)C)c4)cc(SCc4cc(C(C)(C)C)cc(C(C)(C)C)c4)c3)c2)cc(SCc2cc(SCc3cc(SCc4cc(C(C)(C)C)cc(C(C)(C)C)c4)cc(SCc4cc(C(C)(C)C)cc(C(C)(C)C)c4)c3)cc(SCc3cc(SCc4cc(C(C)(C)C)cc(C(C)(C)C)c4)cc(SCc4ccc(C(C)(C)C)cc4C(C)(C)C)c3)c2)c1. The van der Waals surface area contributed by atoms with E-state index in [2.05, 4.69) is 462 Å². The fraction of sp³-hybridized carbons (Fsp3) is 0.455. The van der Waals surface area contributed by atoms with E-state index in [0.717, 1.165) is 67.3 Å². The number of rotatable bonds is 34. The lowest BCUT2D eigenvalue weighted by atomic mass is 9.79. The van der Waals surface area contributed by atoms with Gasteiger partial charge in [0.25, 0.3) is 0 Å². The Morgan fingerprint density at radius 2 is 0.354 bits per heavy atom. The van der Waals surface area contributed by atoms with Crippen LogP contribution in [-0.2, 0) is 133 Å². The van der Waals surface area contributed by atoms with Crippen LogP contribution in [0.4, 0.5) is 0 Å². The van der Waals surface area contributed by atoms with Crippen LogP contribution in [0.5, 0.6) is 0 Å². The van der Waals surface area contributed by atoms with E-state index < -0.39 is 0 Å². The van der Waals surface area contributed by atoms with Crippen LogP contribution in [0.2, 0.25) is 0 Å². The summed E-state index contributed by atoms with van der Waals surface area (Å²) in [6.45, 7) is 86.6. The molecule has 0 bridgehead atoms. The van der Waals surface area contributed by atoms with E-state index in [4.69, 9.17) is 4.74 Å². The zero-order valence-corrected chi connectivity index (χ0v) is 105. The quantitative estimate of drug-likeness (QED) is 0.0283. The first-order chi connectivity index (χ1) is 68.0.